The number of carbonyl (C=O) groups excluding carboxylic acids is 1. The van der Waals surface area contributed by atoms with Crippen molar-refractivity contribution in [2.75, 3.05) is 39.7 Å². The van der Waals surface area contributed by atoms with E-state index in [-0.39, 0.29) is 5.91 Å². The molecular formula is C22H28N4O3. The van der Waals surface area contributed by atoms with Gasteiger partial charge in [0.25, 0.3) is 0 Å². The average Bonchev–Trinajstić information content (AvgIpc) is 2.74. The molecule has 29 heavy (non-hydrogen) atoms. The third-order valence-electron chi connectivity index (χ3n) is 4.57. The molecule has 1 unspecified atom stereocenters. The molecule has 7 heteroatoms. The van der Waals surface area contributed by atoms with E-state index in [1.165, 1.54) is 12.4 Å². The number of nitrogens with two attached hydrogens (primary N) is 1. The Labute approximate surface area is 171 Å². The van der Waals surface area contributed by atoms with E-state index in [2.05, 4.69) is 5.32 Å². The van der Waals surface area contributed by atoms with Crippen molar-refractivity contribution in [3.8, 4) is 5.75 Å². The molecule has 0 aliphatic rings. The summed E-state index contributed by atoms with van der Waals surface area (Å²) >= 11 is 0. The first-order valence-corrected chi connectivity index (χ1v) is 9.20. The number of carbonyl (C=O) groups is 1. The highest BCUT2D eigenvalue weighted by atomic mass is 16.5. The molecular weight excluding hydrogens is 368 g/mol. The van der Waals surface area contributed by atoms with Crippen LogP contribution in [0.1, 0.15) is 17.2 Å². The van der Waals surface area contributed by atoms with Gasteiger partial charge in [-0.25, -0.2) is 0 Å². The minimum absolute atomic E-state index is 0.161. The van der Waals surface area contributed by atoms with Crippen LogP contribution < -0.4 is 15.8 Å². The van der Waals surface area contributed by atoms with Gasteiger partial charge in [0.2, 0.25) is 5.91 Å². The normalized spacial score (nSPS) is 12.5. The van der Waals surface area contributed by atoms with Crippen LogP contribution in [-0.4, -0.2) is 51.4 Å². The third kappa shape index (κ3) is 5.91. The van der Waals surface area contributed by atoms with E-state index < -0.39 is 6.04 Å². The molecule has 0 radical (unpaired) electrons. The van der Waals surface area contributed by atoms with E-state index in [1.807, 2.05) is 48.3 Å². The van der Waals surface area contributed by atoms with Crippen molar-refractivity contribution >= 4 is 23.4 Å². The van der Waals surface area contributed by atoms with Crippen molar-refractivity contribution in [3.63, 3.8) is 0 Å². The molecule has 0 bridgehead atoms. The molecule has 0 aliphatic heterocycles. The number of methoxy groups -OCH3 is 2. The van der Waals surface area contributed by atoms with Crippen LogP contribution in [0.4, 0.5) is 5.69 Å². The van der Waals surface area contributed by atoms with Crippen molar-refractivity contribution in [1.29, 1.82) is 5.41 Å². The lowest BCUT2D eigenvalue weighted by molar-refractivity contribution is -0.121. The summed E-state index contributed by atoms with van der Waals surface area (Å²) in [5, 5.41) is 10.3. The first-order valence-electron chi connectivity index (χ1n) is 9.20. The zero-order valence-electron chi connectivity index (χ0n) is 17.0. The SMILES string of the molecule is COCCN(C)C(C(=O)Nc1ccc(/C(C=N)=C/N)cc1)c1cccc(OC)c1. The molecule has 0 heterocycles. The van der Waals surface area contributed by atoms with Crippen LogP contribution in [0.3, 0.4) is 0 Å². The minimum atomic E-state index is -0.513. The van der Waals surface area contributed by atoms with E-state index in [4.69, 9.17) is 20.6 Å². The second-order valence-electron chi connectivity index (χ2n) is 6.49. The number of anilines is 1. The fourth-order valence-corrected chi connectivity index (χ4v) is 2.97. The molecule has 154 valence electrons. The highest BCUT2D eigenvalue weighted by molar-refractivity contribution is 6.08. The van der Waals surface area contributed by atoms with Gasteiger partial charge in [0.15, 0.2) is 0 Å². The molecule has 2 aromatic rings. The Hall–Kier alpha value is -3.16. The highest BCUT2D eigenvalue weighted by Crippen LogP contribution is 2.25. The molecule has 0 aromatic heterocycles. The van der Waals surface area contributed by atoms with Crippen LogP contribution in [-0.2, 0) is 9.53 Å². The quantitative estimate of drug-likeness (QED) is 0.536. The molecule has 0 spiro atoms. The maximum Gasteiger partial charge on any atom is 0.246 e. The third-order valence-corrected chi connectivity index (χ3v) is 4.57. The second-order valence-corrected chi connectivity index (χ2v) is 6.49. The zero-order chi connectivity index (χ0) is 21.2. The molecule has 0 saturated carbocycles. The van der Waals surface area contributed by atoms with Gasteiger partial charge in [-0.3, -0.25) is 9.69 Å². The van der Waals surface area contributed by atoms with Gasteiger partial charge in [-0.1, -0.05) is 24.3 Å². The molecule has 1 atom stereocenters. The number of amides is 1. The number of nitrogens with zero attached hydrogens (tertiary/aromatic N) is 1. The van der Waals surface area contributed by atoms with Gasteiger partial charge in [-0.15, -0.1) is 0 Å². The number of ether oxygens (including phenoxy) is 2. The van der Waals surface area contributed by atoms with Crippen LogP contribution in [0.5, 0.6) is 5.75 Å². The van der Waals surface area contributed by atoms with Gasteiger partial charge in [0.1, 0.15) is 11.8 Å². The molecule has 1 amide bonds. The number of benzene rings is 2. The summed E-state index contributed by atoms with van der Waals surface area (Å²) in [6.07, 6.45) is 2.57. The molecule has 4 N–H and O–H groups in total. The number of likely N-dealkylation sites (N-methyl/N-ethyl adjacent to an activating group) is 1. The molecule has 0 aliphatic carbocycles. The van der Waals surface area contributed by atoms with Crippen LogP contribution in [0.15, 0.2) is 54.7 Å². The number of hydrogen-bond donors (Lipinski definition) is 3. The Morgan fingerprint density at radius 3 is 2.55 bits per heavy atom. The summed E-state index contributed by atoms with van der Waals surface area (Å²) in [6.45, 7) is 1.10. The predicted octanol–water partition coefficient (Wildman–Crippen LogP) is 2.90. The molecule has 2 aromatic carbocycles. The fourth-order valence-electron chi connectivity index (χ4n) is 2.97. The summed E-state index contributed by atoms with van der Waals surface area (Å²) in [5.74, 6) is 0.531. The summed E-state index contributed by atoms with van der Waals surface area (Å²) in [6, 6.07) is 14.2. The maximum atomic E-state index is 13.1. The zero-order valence-corrected chi connectivity index (χ0v) is 17.0. The molecule has 2 rings (SSSR count). The molecule has 7 nitrogen and oxygen atoms in total. The van der Waals surface area contributed by atoms with E-state index in [0.29, 0.717) is 30.2 Å². The monoisotopic (exact) mass is 396 g/mol. The van der Waals surface area contributed by atoms with Crippen LogP contribution in [0.25, 0.3) is 5.57 Å². The van der Waals surface area contributed by atoms with Crippen LogP contribution in [0.2, 0.25) is 0 Å². The summed E-state index contributed by atoms with van der Waals surface area (Å²) < 4.78 is 10.5. The summed E-state index contributed by atoms with van der Waals surface area (Å²) in [7, 11) is 5.12. The van der Waals surface area contributed by atoms with Crippen molar-refractivity contribution in [3.05, 3.63) is 65.9 Å². The van der Waals surface area contributed by atoms with Gasteiger partial charge in [-0.2, -0.15) is 0 Å². The average molecular weight is 396 g/mol. The van der Waals surface area contributed by atoms with Crippen molar-refractivity contribution in [2.45, 2.75) is 6.04 Å². The molecule has 0 fully saturated rings. The van der Waals surface area contributed by atoms with Gasteiger partial charge < -0.3 is 25.9 Å². The highest BCUT2D eigenvalue weighted by Gasteiger charge is 2.25. The van der Waals surface area contributed by atoms with E-state index in [9.17, 15) is 4.79 Å². The Morgan fingerprint density at radius 1 is 1.24 bits per heavy atom. The van der Waals surface area contributed by atoms with Gasteiger partial charge in [-0.05, 0) is 42.4 Å². The maximum absolute atomic E-state index is 13.1. The lowest BCUT2D eigenvalue weighted by Gasteiger charge is -2.27. The number of allylic oxidation sites excluding steroid dienone is 1. The lowest BCUT2D eigenvalue weighted by Crippen LogP contribution is -2.36. The fraction of sp³-hybridized carbons (Fsp3) is 0.273. The number of hydrogen-bond acceptors (Lipinski definition) is 6. The Kier molecular flexibility index (Phi) is 8.39. The lowest BCUT2D eigenvalue weighted by atomic mass is 10.0. The van der Waals surface area contributed by atoms with Crippen LogP contribution >= 0.6 is 0 Å². The smallest absolute Gasteiger partial charge is 0.246 e. The van der Waals surface area contributed by atoms with Gasteiger partial charge in [0, 0.05) is 37.3 Å². The first-order chi connectivity index (χ1) is 14.0. The van der Waals surface area contributed by atoms with E-state index in [0.717, 1.165) is 11.1 Å². The van der Waals surface area contributed by atoms with Crippen molar-refractivity contribution in [1.82, 2.24) is 4.90 Å². The number of nitrogens with one attached hydrogen (secondary N) is 2. The molecule has 0 saturated heterocycles. The Bertz CT molecular complexity index is 849. The second kappa shape index (κ2) is 11.0. The Morgan fingerprint density at radius 2 is 1.97 bits per heavy atom. The Balaban J connectivity index is 2.25. The summed E-state index contributed by atoms with van der Waals surface area (Å²) in [5.41, 5.74) is 8.43. The van der Waals surface area contributed by atoms with Gasteiger partial charge in [0.05, 0.1) is 13.7 Å². The van der Waals surface area contributed by atoms with Gasteiger partial charge >= 0.3 is 0 Å². The first kappa shape index (κ1) is 22.1. The summed E-state index contributed by atoms with van der Waals surface area (Å²) in [4.78, 5) is 15.1. The van der Waals surface area contributed by atoms with Crippen molar-refractivity contribution < 1.29 is 14.3 Å². The predicted molar refractivity (Wildman–Crippen MR) is 116 cm³/mol. The van der Waals surface area contributed by atoms with E-state index in [1.54, 1.807) is 26.4 Å². The topological polar surface area (TPSA) is 101 Å². The standard InChI is InChI=1S/C22H28N4O3/c1-26(11-12-28-2)21(17-5-4-6-20(13-17)29-3)22(27)25-19-9-7-16(8-10-19)18(14-23)15-24/h4-10,13-15,21,23H,11-12,24H2,1-3H3,(H,25,27)/b18-15+,23-14?. The largest absolute Gasteiger partial charge is 0.497 e. The van der Waals surface area contributed by atoms with Crippen molar-refractivity contribution in [2.24, 2.45) is 5.73 Å². The number of rotatable bonds is 10. The van der Waals surface area contributed by atoms with Crippen LogP contribution in [0, 0.1) is 5.41 Å². The van der Waals surface area contributed by atoms with E-state index >= 15 is 0 Å². The minimum Gasteiger partial charge on any atom is -0.497 e.